The summed E-state index contributed by atoms with van der Waals surface area (Å²) < 4.78 is 5.43. The highest BCUT2D eigenvalue weighted by atomic mass is 16.6. The molecule has 6 nitrogen and oxygen atoms in total. The molecular formula is C32H59NO5. The van der Waals surface area contributed by atoms with E-state index in [1.165, 1.54) is 44.9 Å². The minimum absolute atomic E-state index is 0.222. The topological polar surface area (TPSA) is 99.0 Å². The van der Waals surface area contributed by atoms with E-state index in [0.29, 0.717) is 19.4 Å². The summed E-state index contributed by atoms with van der Waals surface area (Å²) in [5, 5.41) is 32.3. The van der Waals surface area contributed by atoms with Gasteiger partial charge >= 0.3 is 0 Å². The van der Waals surface area contributed by atoms with Crippen LogP contribution in [0.25, 0.3) is 0 Å². The number of rotatable bonds is 27. The van der Waals surface area contributed by atoms with E-state index in [-0.39, 0.29) is 18.9 Å². The molecule has 0 saturated carbocycles. The molecule has 1 amide bonds. The highest BCUT2D eigenvalue weighted by molar-refractivity contribution is 5.76. The molecule has 0 aromatic rings. The van der Waals surface area contributed by atoms with Gasteiger partial charge in [-0.15, -0.1) is 0 Å². The molecule has 4 N–H and O–H groups in total. The average Bonchev–Trinajstić information content (AvgIpc) is 2.91. The van der Waals surface area contributed by atoms with Gasteiger partial charge < -0.3 is 25.4 Å². The Morgan fingerprint density at radius 1 is 0.763 bits per heavy atom. The molecule has 0 spiro atoms. The third kappa shape index (κ3) is 24.8. The Morgan fingerprint density at radius 3 is 1.97 bits per heavy atom. The van der Waals surface area contributed by atoms with Crippen molar-refractivity contribution in [2.75, 3.05) is 13.2 Å². The fourth-order valence-corrected chi connectivity index (χ4v) is 4.07. The van der Waals surface area contributed by atoms with Crippen molar-refractivity contribution in [3.05, 3.63) is 36.5 Å². The standard InChI is InChI=1S/C32H59NO5/c1-3-5-7-9-10-11-12-13-14-15-16-17-18-20-22-26-32(37)38-27-23-25-31(36)33-29(28-34)30(35)24-21-19-8-6-4-2/h10-11,13-14,21,24,29-30,32,34-35,37H,3-9,12,15-20,22-23,25-28H2,1-2H3,(H,33,36)/b11-10-,14-13-,24-21+. The summed E-state index contributed by atoms with van der Waals surface area (Å²) in [5.74, 6) is -0.241. The number of allylic oxidation sites excluding steroid dienone is 5. The molecule has 0 heterocycles. The van der Waals surface area contributed by atoms with Crippen molar-refractivity contribution in [2.45, 2.75) is 148 Å². The maximum Gasteiger partial charge on any atom is 0.220 e. The Labute approximate surface area is 233 Å². The number of nitrogens with one attached hydrogen (secondary N) is 1. The number of carbonyl (C=O) groups is 1. The number of ether oxygens (including phenoxy) is 1. The molecule has 0 aliphatic rings. The molecule has 38 heavy (non-hydrogen) atoms. The van der Waals surface area contributed by atoms with E-state index in [1.807, 2.05) is 6.08 Å². The smallest absolute Gasteiger partial charge is 0.220 e. The average molecular weight is 538 g/mol. The van der Waals surface area contributed by atoms with E-state index in [4.69, 9.17) is 4.74 Å². The number of aliphatic hydroxyl groups is 3. The van der Waals surface area contributed by atoms with Crippen molar-refractivity contribution < 1.29 is 24.9 Å². The van der Waals surface area contributed by atoms with Crippen LogP contribution in [0.3, 0.4) is 0 Å². The van der Waals surface area contributed by atoms with E-state index in [9.17, 15) is 20.1 Å². The molecule has 6 heteroatoms. The third-order valence-electron chi connectivity index (χ3n) is 6.52. The predicted molar refractivity (Wildman–Crippen MR) is 159 cm³/mol. The van der Waals surface area contributed by atoms with Gasteiger partial charge in [-0.3, -0.25) is 4.79 Å². The van der Waals surface area contributed by atoms with E-state index in [1.54, 1.807) is 6.08 Å². The van der Waals surface area contributed by atoms with Crippen LogP contribution in [0.15, 0.2) is 36.5 Å². The van der Waals surface area contributed by atoms with Crippen LogP contribution in [-0.2, 0) is 9.53 Å². The van der Waals surface area contributed by atoms with Gasteiger partial charge in [0.25, 0.3) is 0 Å². The lowest BCUT2D eigenvalue weighted by Crippen LogP contribution is -2.45. The second kappa shape index (κ2) is 28.5. The molecule has 3 atom stereocenters. The van der Waals surface area contributed by atoms with Gasteiger partial charge in [-0.1, -0.05) is 95.2 Å². The molecule has 0 aromatic carbocycles. The number of hydrogen-bond donors (Lipinski definition) is 4. The van der Waals surface area contributed by atoms with Gasteiger partial charge in [0.1, 0.15) is 0 Å². The summed E-state index contributed by atoms with van der Waals surface area (Å²) in [6.07, 6.45) is 29.4. The maximum absolute atomic E-state index is 12.1. The van der Waals surface area contributed by atoms with Crippen molar-refractivity contribution in [3.63, 3.8) is 0 Å². The minimum Gasteiger partial charge on any atom is -0.394 e. The highest BCUT2D eigenvalue weighted by Crippen LogP contribution is 2.11. The van der Waals surface area contributed by atoms with E-state index in [2.05, 4.69) is 43.5 Å². The summed E-state index contributed by atoms with van der Waals surface area (Å²) in [5.41, 5.74) is 0. The Balaban J connectivity index is 3.68. The van der Waals surface area contributed by atoms with Crippen LogP contribution in [0.2, 0.25) is 0 Å². The van der Waals surface area contributed by atoms with E-state index < -0.39 is 18.4 Å². The zero-order chi connectivity index (χ0) is 28.1. The Hall–Kier alpha value is -1.47. The number of aliphatic hydroxyl groups excluding tert-OH is 3. The zero-order valence-electron chi connectivity index (χ0n) is 24.5. The summed E-state index contributed by atoms with van der Waals surface area (Å²) >= 11 is 0. The molecule has 0 rings (SSSR count). The first-order valence-corrected chi connectivity index (χ1v) is 15.4. The Bertz CT molecular complexity index is 605. The highest BCUT2D eigenvalue weighted by Gasteiger charge is 2.18. The van der Waals surface area contributed by atoms with Gasteiger partial charge in [-0.2, -0.15) is 0 Å². The van der Waals surface area contributed by atoms with Crippen LogP contribution in [0, 0.1) is 0 Å². The molecule has 3 unspecified atom stereocenters. The van der Waals surface area contributed by atoms with Crippen molar-refractivity contribution in [2.24, 2.45) is 0 Å². The molecule has 0 bridgehead atoms. The molecule has 0 aliphatic heterocycles. The van der Waals surface area contributed by atoms with Gasteiger partial charge in [0, 0.05) is 6.42 Å². The lowest BCUT2D eigenvalue weighted by Gasteiger charge is -2.20. The van der Waals surface area contributed by atoms with Crippen LogP contribution in [0.5, 0.6) is 0 Å². The quantitative estimate of drug-likeness (QED) is 0.0519. The maximum atomic E-state index is 12.1. The predicted octanol–water partition coefficient (Wildman–Crippen LogP) is 6.89. The lowest BCUT2D eigenvalue weighted by molar-refractivity contribution is -0.125. The van der Waals surface area contributed by atoms with Crippen LogP contribution in [0.4, 0.5) is 0 Å². The molecule has 0 fully saturated rings. The first-order valence-electron chi connectivity index (χ1n) is 15.4. The van der Waals surface area contributed by atoms with Crippen molar-refractivity contribution in [1.82, 2.24) is 5.32 Å². The van der Waals surface area contributed by atoms with Crippen LogP contribution < -0.4 is 5.32 Å². The van der Waals surface area contributed by atoms with Crippen LogP contribution in [-0.4, -0.2) is 52.9 Å². The summed E-state index contributed by atoms with van der Waals surface area (Å²) in [6, 6.07) is -0.713. The van der Waals surface area contributed by atoms with Crippen molar-refractivity contribution in [3.8, 4) is 0 Å². The first kappa shape index (κ1) is 36.5. The van der Waals surface area contributed by atoms with Crippen molar-refractivity contribution in [1.29, 1.82) is 0 Å². The molecule has 0 radical (unpaired) electrons. The fourth-order valence-electron chi connectivity index (χ4n) is 4.07. The van der Waals surface area contributed by atoms with E-state index in [0.717, 1.165) is 51.4 Å². The zero-order valence-corrected chi connectivity index (χ0v) is 24.5. The van der Waals surface area contributed by atoms with Gasteiger partial charge in [0.2, 0.25) is 5.91 Å². The third-order valence-corrected chi connectivity index (χ3v) is 6.52. The second-order valence-corrected chi connectivity index (χ2v) is 10.2. The van der Waals surface area contributed by atoms with E-state index >= 15 is 0 Å². The van der Waals surface area contributed by atoms with Gasteiger partial charge in [-0.05, 0) is 64.2 Å². The largest absolute Gasteiger partial charge is 0.394 e. The second-order valence-electron chi connectivity index (χ2n) is 10.2. The molecule has 222 valence electrons. The number of hydrogen-bond acceptors (Lipinski definition) is 5. The lowest BCUT2D eigenvalue weighted by atomic mass is 10.1. The molecule has 0 aliphatic carbocycles. The SMILES string of the molecule is CCCCC/C=C\C/C=C\CCCCCCCC(O)OCCCC(=O)NC(CO)C(O)/C=C/CCCCC. The number of amides is 1. The Morgan fingerprint density at radius 2 is 1.34 bits per heavy atom. The monoisotopic (exact) mass is 537 g/mol. The minimum atomic E-state index is -0.910. The van der Waals surface area contributed by atoms with Crippen molar-refractivity contribution >= 4 is 5.91 Å². The van der Waals surface area contributed by atoms with Gasteiger partial charge in [0.15, 0.2) is 6.29 Å². The molecule has 0 aromatic heterocycles. The summed E-state index contributed by atoms with van der Waals surface area (Å²) in [7, 11) is 0. The summed E-state index contributed by atoms with van der Waals surface area (Å²) in [6.45, 7) is 4.35. The van der Waals surface area contributed by atoms with Gasteiger partial charge in [-0.25, -0.2) is 0 Å². The Kier molecular flexibility index (Phi) is 27.4. The van der Waals surface area contributed by atoms with Crippen LogP contribution in [0.1, 0.15) is 129 Å². The van der Waals surface area contributed by atoms with Gasteiger partial charge in [0.05, 0.1) is 25.4 Å². The fraction of sp³-hybridized carbons (Fsp3) is 0.781. The first-order chi connectivity index (χ1) is 18.5. The van der Waals surface area contributed by atoms with Crippen LogP contribution >= 0.6 is 0 Å². The molecular weight excluding hydrogens is 478 g/mol. The number of carbonyl (C=O) groups excluding carboxylic acids is 1. The summed E-state index contributed by atoms with van der Waals surface area (Å²) in [4.78, 5) is 12.1. The normalized spacial score (nSPS) is 14.6. The number of unbranched alkanes of at least 4 members (excludes halogenated alkanes) is 11. The molecule has 0 saturated heterocycles.